The lowest BCUT2D eigenvalue weighted by atomic mass is 10.0. The van der Waals surface area contributed by atoms with Gasteiger partial charge in [-0.25, -0.2) is 4.79 Å². The number of hydrogen-bond donors (Lipinski definition) is 3. The number of anilines is 1. The average Bonchev–Trinajstić information content (AvgIpc) is 2.62. The van der Waals surface area contributed by atoms with E-state index >= 15 is 0 Å². The Balaban J connectivity index is 1.71. The molecule has 8 heteroatoms. The molecule has 3 N–H and O–H groups in total. The Morgan fingerprint density at radius 3 is 2.26 bits per heavy atom. The smallest absolute Gasteiger partial charge is 0.342 e. The Labute approximate surface area is 163 Å². The highest BCUT2D eigenvalue weighted by atomic mass is 35.5. The van der Waals surface area contributed by atoms with Crippen LogP contribution in [0.3, 0.4) is 0 Å². The second-order valence-corrected chi connectivity index (χ2v) is 6.49. The fourth-order valence-electron chi connectivity index (χ4n) is 2.53. The molecule has 6 nitrogen and oxygen atoms in total. The number of phenolic OH excluding ortho intramolecular Hbond substituents is 2. The molecule has 0 radical (unpaired) electrons. The van der Waals surface area contributed by atoms with Crippen LogP contribution in [0.15, 0.2) is 48.5 Å². The van der Waals surface area contributed by atoms with Crippen LogP contribution in [0.4, 0.5) is 5.69 Å². The van der Waals surface area contributed by atoms with Crippen molar-refractivity contribution in [1.82, 2.24) is 0 Å². The Hall–Kier alpha value is -2.96. The van der Waals surface area contributed by atoms with Gasteiger partial charge in [0.25, 0.3) is 5.91 Å². The van der Waals surface area contributed by atoms with Crippen molar-refractivity contribution in [3.05, 3.63) is 64.1 Å². The quantitative estimate of drug-likeness (QED) is 0.442. The van der Waals surface area contributed by atoms with E-state index in [-0.39, 0.29) is 17.1 Å². The molecule has 138 valence electrons. The molecule has 0 aliphatic heterocycles. The van der Waals surface area contributed by atoms with Gasteiger partial charge in [-0.2, -0.15) is 0 Å². The Morgan fingerprint density at radius 1 is 0.963 bits per heavy atom. The second-order valence-electron chi connectivity index (χ2n) is 5.62. The molecule has 3 aromatic carbocycles. The molecule has 1 amide bonds. The molecule has 0 unspecified atom stereocenters. The largest absolute Gasteiger partial charge is 0.507 e. The summed E-state index contributed by atoms with van der Waals surface area (Å²) in [4.78, 5) is 24.2. The molecule has 0 saturated carbocycles. The number of ether oxygens (including phenoxy) is 1. The van der Waals surface area contributed by atoms with Gasteiger partial charge in [-0.1, -0.05) is 47.5 Å². The molecule has 0 bridgehead atoms. The molecule has 0 aromatic heterocycles. The summed E-state index contributed by atoms with van der Waals surface area (Å²) in [6.07, 6.45) is 0. The summed E-state index contributed by atoms with van der Waals surface area (Å²) in [6, 6.07) is 12.1. The van der Waals surface area contributed by atoms with Crippen LogP contribution in [-0.4, -0.2) is 28.7 Å². The van der Waals surface area contributed by atoms with Crippen LogP contribution in [0.25, 0.3) is 10.8 Å². The number of benzene rings is 3. The molecule has 0 saturated heterocycles. The number of fused-ring (bicyclic) bond motifs is 1. The number of rotatable bonds is 4. The molecular weight excluding hydrogens is 393 g/mol. The van der Waals surface area contributed by atoms with E-state index in [9.17, 15) is 19.8 Å². The molecular formula is C19H13Cl2NO5. The van der Waals surface area contributed by atoms with Gasteiger partial charge in [0.15, 0.2) is 6.61 Å². The number of carbonyl (C=O) groups excluding carboxylic acids is 2. The van der Waals surface area contributed by atoms with Crippen LogP contribution in [0, 0.1) is 0 Å². The normalized spacial score (nSPS) is 10.6. The minimum Gasteiger partial charge on any atom is -0.507 e. The van der Waals surface area contributed by atoms with Gasteiger partial charge in [0.1, 0.15) is 17.1 Å². The summed E-state index contributed by atoms with van der Waals surface area (Å²) < 4.78 is 4.92. The van der Waals surface area contributed by atoms with Gasteiger partial charge in [-0.05, 0) is 24.3 Å². The molecule has 0 aliphatic carbocycles. The minimum absolute atomic E-state index is 0.187. The maximum atomic E-state index is 12.2. The van der Waals surface area contributed by atoms with Gasteiger partial charge in [0.2, 0.25) is 0 Å². The van der Waals surface area contributed by atoms with E-state index in [1.54, 1.807) is 24.3 Å². The zero-order chi connectivity index (χ0) is 19.6. The highest BCUT2D eigenvalue weighted by molar-refractivity contribution is 6.35. The number of carbonyl (C=O) groups is 2. The third-order valence-electron chi connectivity index (χ3n) is 3.69. The van der Waals surface area contributed by atoms with Crippen LogP contribution < -0.4 is 5.32 Å². The van der Waals surface area contributed by atoms with E-state index in [4.69, 9.17) is 27.9 Å². The number of aromatic hydroxyl groups is 2. The van der Waals surface area contributed by atoms with Crippen LogP contribution in [0.5, 0.6) is 11.5 Å². The lowest BCUT2D eigenvalue weighted by Gasteiger charge is -2.10. The predicted molar refractivity (Wildman–Crippen MR) is 103 cm³/mol. The van der Waals surface area contributed by atoms with Crippen molar-refractivity contribution < 1.29 is 24.5 Å². The first-order chi connectivity index (χ1) is 12.8. The number of esters is 1. The first kappa shape index (κ1) is 18.8. The van der Waals surface area contributed by atoms with Crippen molar-refractivity contribution in [2.75, 3.05) is 11.9 Å². The zero-order valence-electron chi connectivity index (χ0n) is 13.7. The number of amides is 1. The summed E-state index contributed by atoms with van der Waals surface area (Å²) in [5.41, 5.74) is 0.101. The third kappa shape index (κ3) is 4.24. The van der Waals surface area contributed by atoms with Crippen molar-refractivity contribution in [3.63, 3.8) is 0 Å². The SMILES string of the molecule is O=C(COC(=O)c1cc(O)c2ccccc2c1O)Nc1cc(Cl)cc(Cl)c1. The van der Waals surface area contributed by atoms with Crippen molar-refractivity contribution in [2.45, 2.75) is 0 Å². The molecule has 0 spiro atoms. The highest BCUT2D eigenvalue weighted by Crippen LogP contribution is 2.35. The van der Waals surface area contributed by atoms with Crippen LogP contribution >= 0.6 is 23.2 Å². The van der Waals surface area contributed by atoms with Gasteiger partial charge in [0.05, 0.1) is 0 Å². The van der Waals surface area contributed by atoms with E-state index < -0.39 is 18.5 Å². The molecule has 0 heterocycles. The Bertz CT molecular complexity index is 1030. The van der Waals surface area contributed by atoms with Crippen LogP contribution in [0.2, 0.25) is 10.0 Å². The van der Waals surface area contributed by atoms with E-state index in [0.29, 0.717) is 26.5 Å². The second kappa shape index (κ2) is 7.73. The Morgan fingerprint density at radius 2 is 1.59 bits per heavy atom. The third-order valence-corrected chi connectivity index (χ3v) is 4.13. The zero-order valence-corrected chi connectivity index (χ0v) is 15.2. The maximum Gasteiger partial charge on any atom is 0.342 e. The summed E-state index contributed by atoms with van der Waals surface area (Å²) in [5, 5.41) is 24.1. The van der Waals surface area contributed by atoms with E-state index in [2.05, 4.69) is 5.32 Å². The summed E-state index contributed by atoms with van der Waals surface area (Å²) in [5.74, 6) is -2.09. The van der Waals surface area contributed by atoms with Gasteiger partial charge in [0, 0.05) is 26.5 Å². The van der Waals surface area contributed by atoms with E-state index in [0.717, 1.165) is 6.07 Å². The summed E-state index contributed by atoms with van der Waals surface area (Å²) in [7, 11) is 0. The number of phenols is 2. The van der Waals surface area contributed by atoms with E-state index in [1.807, 2.05) is 0 Å². The molecule has 0 atom stereocenters. The van der Waals surface area contributed by atoms with Gasteiger partial charge in [-0.15, -0.1) is 0 Å². The topological polar surface area (TPSA) is 95.9 Å². The van der Waals surface area contributed by atoms with E-state index in [1.165, 1.54) is 18.2 Å². The number of hydrogen-bond acceptors (Lipinski definition) is 5. The molecule has 3 rings (SSSR count). The Kier molecular flexibility index (Phi) is 5.39. The van der Waals surface area contributed by atoms with Crippen molar-refractivity contribution in [2.24, 2.45) is 0 Å². The van der Waals surface area contributed by atoms with Gasteiger partial charge in [-0.3, -0.25) is 4.79 Å². The fraction of sp³-hybridized carbons (Fsp3) is 0.0526. The van der Waals surface area contributed by atoms with Crippen molar-refractivity contribution >= 4 is 51.5 Å². The number of halogens is 2. The van der Waals surface area contributed by atoms with Crippen molar-refractivity contribution in [1.29, 1.82) is 0 Å². The molecule has 27 heavy (non-hydrogen) atoms. The van der Waals surface area contributed by atoms with Crippen LogP contribution in [0.1, 0.15) is 10.4 Å². The highest BCUT2D eigenvalue weighted by Gasteiger charge is 2.19. The summed E-state index contributed by atoms with van der Waals surface area (Å²) in [6.45, 7) is -0.601. The lowest BCUT2D eigenvalue weighted by Crippen LogP contribution is -2.21. The minimum atomic E-state index is -0.951. The first-order valence-electron chi connectivity index (χ1n) is 7.72. The molecule has 3 aromatic rings. The standard InChI is InChI=1S/C19H13Cl2NO5/c20-10-5-11(21)7-12(6-10)22-17(24)9-27-19(26)15-8-16(23)13-3-1-2-4-14(13)18(15)25/h1-8,23,25H,9H2,(H,22,24). The summed E-state index contributed by atoms with van der Waals surface area (Å²) >= 11 is 11.7. The number of nitrogens with one attached hydrogen (secondary N) is 1. The molecule has 0 fully saturated rings. The fourth-order valence-corrected chi connectivity index (χ4v) is 3.05. The van der Waals surface area contributed by atoms with Crippen LogP contribution in [-0.2, 0) is 9.53 Å². The average molecular weight is 406 g/mol. The predicted octanol–water partition coefficient (Wildman–Crippen LogP) is 4.35. The van der Waals surface area contributed by atoms with Gasteiger partial charge >= 0.3 is 5.97 Å². The lowest BCUT2D eigenvalue weighted by molar-refractivity contribution is -0.119. The monoisotopic (exact) mass is 405 g/mol. The van der Waals surface area contributed by atoms with Gasteiger partial charge < -0.3 is 20.3 Å². The molecule has 0 aliphatic rings. The van der Waals surface area contributed by atoms with Crippen molar-refractivity contribution in [3.8, 4) is 11.5 Å². The first-order valence-corrected chi connectivity index (χ1v) is 8.47. The maximum absolute atomic E-state index is 12.2.